The van der Waals surface area contributed by atoms with Gasteiger partial charge in [0.05, 0.1) is 12.9 Å². The molecule has 0 unspecified atom stereocenters. The Labute approximate surface area is 101 Å². The van der Waals surface area contributed by atoms with Gasteiger partial charge in [-0.05, 0) is 43.3 Å². The van der Waals surface area contributed by atoms with Gasteiger partial charge in [-0.3, -0.25) is 0 Å². The SMILES string of the molecule is CCN(CCO)c1ccc(-c2ccco2)cc1. The Hall–Kier alpha value is -1.74. The first kappa shape index (κ1) is 11.7. The predicted octanol–water partition coefficient (Wildman–Crippen LogP) is 2.77. The van der Waals surface area contributed by atoms with Gasteiger partial charge in [-0.15, -0.1) is 0 Å². The molecule has 0 saturated heterocycles. The summed E-state index contributed by atoms with van der Waals surface area (Å²) in [4.78, 5) is 2.13. The average molecular weight is 231 g/mol. The summed E-state index contributed by atoms with van der Waals surface area (Å²) in [6, 6.07) is 12.0. The van der Waals surface area contributed by atoms with Crippen molar-refractivity contribution >= 4 is 5.69 Å². The van der Waals surface area contributed by atoms with Crippen LogP contribution in [0.2, 0.25) is 0 Å². The summed E-state index contributed by atoms with van der Waals surface area (Å²) in [5.41, 5.74) is 2.19. The zero-order chi connectivity index (χ0) is 12.1. The molecule has 1 heterocycles. The normalized spacial score (nSPS) is 10.5. The number of aliphatic hydroxyl groups is 1. The summed E-state index contributed by atoms with van der Waals surface area (Å²) in [6.07, 6.45) is 1.67. The zero-order valence-corrected chi connectivity index (χ0v) is 9.97. The van der Waals surface area contributed by atoms with E-state index in [4.69, 9.17) is 9.52 Å². The molecule has 0 aliphatic heterocycles. The van der Waals surface area contributed by atoms with Crippen molar-refractivity contribution in [2.24, 2.45) is 0 Å². The van der Waals surface area contributed by atoms with Gasteiger partial charge < -0.3 is 14.4 Å². The molecule has 1 N–H and O–H groups in total. The molecule has 0 bridgehead atoms. The molecule has 0 radical (unpaired) electrons. The van der Waals surface area contributed by atoms with Crippen molar-refractivity contribution in [3.8, 4) is 11.3 Å². The van der Waals surface area contributed by atoms with Crippen LogP contribution in [-0.2, 0) is 0 Å². The Morgan fingerprint density at radius 3 is 2.47 bits per heavy atom. The van der Waals surface area contributed by atoms with Crippen molar-refractivity contribution in [1.29, 1.82) is 0 Å². The number of aliphatic hydroxyl groups excluding tert-OH is 1. The van der Waals surface area contributed by atoms with Gasteiger partial charge in [0.2, 0.25) is 0 Å². The predicted molar refractivity (Wildman–Crippen MR) is 69.1 cm³/mol. The third-order valence-electron chi connectivity index (χ3n) is 2.79. The number of anilines is 1. The summed E-state index contributed by atoms with van der Waals surface area (Å²) in [5.74, 6) is 0.877. The van der Waals surface area contributed by atoms with Gasteiger partial charge in [0, 0.05) is 24.3 Å². The van der Waals surface area contributed by atoms with Crippen LogP contribution in [0.1, 0.15) is 6.92 Å². The van der Waals surface area contributed by atoms with E-state index >= 15 is 0 Å². The van der Waals surface area contributed by atoms with Crippen LogP contribution in [0.3, 0.4) is 0 Å². The van der Waals surface area contributed by atoms with Crippen molar-refractivity contribution < 1.29 is 9.52 Å². The van der Waals surface area contributed by atoms with E-state index < -0.39 is 0 Å². The second-order valence-electron chi connectivity index (χ2n) is 3.83. The molecule has 0 aliphatic rings. The maximum absolute atomic E-state index is 8.98. The van der Waals surface area contributed by atoms with Crippen LogP contribution >= 0.6 is 0 Å². The highest BCUT2D eigenvalue weighted by Gasteiger charge is 2.04. The molecular formula is C14H17NO2. The number of hydrogen-bond acceptors (Lipinski definition) is 3. The Balaban J connectivity index is 2.17. The van der Waals surface area contributed by atoms with Crippen molar-refractivity contribution in [2.75, 3.05) is 24.6 Å². The standard InChI is InChI=1S/C14H17NO2/c1-2-15(9-10-16)13-7-5-12(6-8-13)14-4-3-11-17-14/h3-8,11,16H,2,9-10H2,1H3. The lowest BCUT2D eigenvalue weighted by Gasteiger charge is -2.21. The number of hydrogen-bond donors (Lipinski definition) is 1. The largest absolute Gasteiger partial charge is 0.464 e. The molecule has 0 saturated carbocycles. The van der Waals surface area contributed by atoms with E-state index in [1.807, 2.05) is 24.3 Å². The highest BCUT2D eigenvalue weighted by atomic mass is 16.3. The lowest BCUT2D eigenvalue weighted by atomic mass is 10.1. The molecule has 3 heteroatoms. The molecule has 1 aromatic carbocycles. The van der Waals surface area contributed by atoms with Crippen LogP contribution in [0.4, 0.5) is 5.69 Å². The minimum atomic E-state index is 0.174. The Morgan fingerprint density at radius 1 is 1.18 bits per heavy atom. The van der Waals surface area contributed by atoms with Gasteiger partial charge in [-0.25, -0.2) is 0 Å². The van der Waals surface area contributed by atoms with E-state index in [2.05, 4.69) is 24.0 Å². The third kappa shape index (κ3) is 2.68. The second kappa shape index (κ2) is 5.55. The van der Waals surface area contributed by atoms with Crippen LogP contribution < -0.4 is 4.90 Å². The molecule has 0 atom stereocenters. The highest BCUT2D eigenvalue weighted by molar-refractivity contribution is 5.61. The monoisotopic (exact) mass is 231 g/mol. The summed E-state index contributed by atoms with van der Waals surface area (Å²) in [6.45, 7) is 3.81. The van der Waals surface area contributed by atoms with Gasteiger partial charge in [-0.2, -0.15) is 0 Å². The fourth-order valence-corrected chi connectivity index (χ4v) is 1.87. The maximum atomic E-state index is 8.98. The van der Waals surface area contributed by atoms with Crippen LogP contribution in [-0.4, -0.2) is 24.8 Å². The maximum Gasteiger partial charge on any atom is 0.133 e. The molecule has 2 aromatic rings. The van der Waals surface area contributed by atoms with E-state index in [0.29, 0.717) is 6.54 Å². The van der Waals surface area contributed by atoms with Crippen LogP contribution in [0.25, 0.3) is 11.3 Å². The molecule has 1 aromatic heterocycles. The topological polar surface area (TPSA) is 36.6 Å². The van der Waals surface area contributed by atoms with Gasteiger partial charge in [0.15, 0.2) is 0 Å². The number of nitrogens with zero attached hydrogens (tertiary/aromatic N) is 1. The molecule has 0 amide bonds. The first-order valence-corrected chi connectivity index (χ1v) is 5.85. The number of furan rings is 1. The highest BCUT2D eigenvalue weighted by Crippen LogP contribution is 2.23. The fraction of sp³-hybridized carbons (Fsp3) is 0.286. The molecule has 2 rings (SSSR count). The van der Waals surface area contributed by atoms with Crippen LogP contribution in [0, 0.1) is 0 Å². The first-order valence-electron chi connectivity index (χ1n) is 5.85. The van der Waals surface area contributed by atoms with E-state index in [9.17, 15) is 0 Å². The van der Waals surface area contributed by atoms with Gasteiger partial charge in [0.1, 0.15) is 5.76 Å². The average Bonchev–Trinajstić information content (AvgIpc) is 2.90. The molecule has 3 nitrogen and oxygen atoms in total. The minimum Gasteiger partial charge on any atom is -0.464 e. The van der Waals surface area contributed by atoms with E-state index in [1.54, 1.807) is 6.26 Å². The molecule has 0 fully saturated rings. The Morgan fingerprint density at radius 2 is 1.94 bits per heavy atom. The van der Waals surface area contributed by atoms with Crippen LogP contribution in [0.5, 0.6) is 0 Å². The van der Waals surface area contributed by atoms with Crippen molar-refractivity contribution in [1.82, 2.24) is 0 Å². The number of rotatable bonds is 5. The van der Waals surface area contributed by atoms with E-state index in [0.717, 1.165) is 23.6 Å². The van der Waals surface area contributed by atoms with Gasteiger partial charge in [0.25, 0.3) is 0 Å². The summed E-state index contributed by atoms with van der Waals surface area (Å²) < 4.78 is 5.34. The third-order valence-corrected chi connectivity index (χ3v) is 2.79. The molecular weight excluding hydrogens is 214 g/mol. The summed E-state index contributed by atoms with van der Waals surface area (Å²) >= 11 is 0. The smallest absolute Gasteiger partial charge is 0.133 e. The lowest BCUT2D eigenvalue weighted by molar-refractivity contribution is 0.302. The van der Waals surface area contributed by atoms with E-state index in [-0.39, 0.29) is 6.61 Å². The first-order chi connectivity index (χ1) is 8.35. The van der Waals surface area contributed by atoms with Gasteiger partial charge in [-0.1, -0.05) is 0 Å². The van der Waals surface area contributed by atoms with Crippen molar-refractivity contribution in [2.45, 2.75) is 6.92 Å². The minimum absolute atomic E-state index is 0.174. The van der Waals surface area contributed by atoms with E-state index in [1.165, 1.54) is 0 Å². The number of likely N-dealkylation sites (N-methyl/N-ethyl adjacent to an activating group) is 1. The lowest BCUT2D eigenvalue weighted by Crippen LogP contribution is -2.25. The van der Waals surface area contributed by atoms with Gasteiger partial charge >= 0.3 is 0 Å². The Bertz CT molecular complexity index is 434. The number of benzene rings is 1. The second-order valence-corrected chi connectivity index (χ2v) is 3.83. The molecule has 17 heavy (non-hydrogen) atoms. The fourth-order valence-electron chi connectivity index (χ4n) is 1.87. The van der Waals surface area contributed by atoms with Crippen molar-refractivity contribution in [3.05, 3.63) is 42.7 Å². The van der Waals surface area contributed by atoms with Crippen LogP contribution in [0.15, 0.2) is 47.1 Å². The molecule has 0 aliphatic carbocycles. The quantitative estimate of drug-likeness (QED) is 0.859. The molecule has 0 spiro atoms. The van der Waals surface area contributed by atoms with Crippen molar-refractivity contribution in [3.63, 3.8) is 0 Å². The molecule has 90 valence electrons. The Kier molecular flexibility index (Phi) is 3.83. The zero-order valence-electron chi connectivity index (χ0n) is 9.97. The summed E-state index contributed by atoms with van der Waals surface area (Å²) in [5, 5.41) is 8.98. The summed E-state index contributed by atoms with van der Waals surface area (Å²) in [7, 11) is 0.